The minimum absolute atomic E-state index is 0.00831. The maximum absolute atomic E-state index is 12.2. The smallest absolute Gasteiger partial charge is 0.251 e. The molecule has 0 radical (unpaired) electrons. The van der Waals surface area contributed by atoms with Gasteiger partial charge in [0.25, 0.3) is 5.91 Å². The number of amides is 1. The maximum Gasteiger partial charge on any atom is 0.251 e. The molecule has 1 aliphatic rings. The lowest BCUT2D eigenvalue weighted by Gasteiger charge is -2.21. The number of nitrogens with zero attached hydrogens (tertiary/aromatic N) is 1. The molecule has 2 rings (SSSR count). The zero-order valence-corrected chi connectivity index (χ0v) is 14.5. The molecule has 0 bridgehead atoms. The Morgan fingerprint density at radius 3 is 2.48 bits per heavy atom. The minimum atomic E-state index is -0.00831. The van der Waals surface area contributed by atoms with E-state index in [-0.39, 0.29) is 12.0 Å². The van der Waals surface area contributed by atoms with Crippen LogP contribution < -0.4 is 5.32 Å². The summed E-state index contributed by atoms with van der Waals surface area (Å²) in [4.78, 5) is 14.6. The Balaban J connectivity index is 1.83. The number of nitrogens with one attached hydrogen (secondary N) is 1. The molecular formula is C19H30N2O2. The first kappa shape index (κ1) is 18.0. The van der Waals surface area contributed by atoms with Gasteiger partial charge in [-0.2, -0.15) is 0 Å². The van der Waals surface area contributed by atoms with E-state index in [1.807, 2.05) is 12.1 Å². The lowest BCUT2D eigenvalue weighted by molar-refractivity contribution is 0.0858. The molecule has 1 fully saturated rings. The predicted octanol–water partition coefficient (Wildman–Crippen LogP) is 3.22. The van der Waals surface area contributed by atoms with Crippen LogP contribution in [-0.4, -0.2) is 43.2 Å². The van der Waals surface area contributed by atoms with Gasteiger partial charge in [0.2, 0.25) is 0 Å². The quantitative estimate of drug-likeness (QED) is 0.760. The van der Waals surface area contributed by atoms with Gasteiger partial charge in [-0.3, -0.25) is 9.69 Å². The van der Waals surface area contributed by atoms with Crippen molar-refractivity contribution in [3.63, 3.8) is 0 Å². The number of carbonyl (C=O) groups is 1. The summed E-state index contributed by atoms with van der Waals surface area (Å²) in [6.07, 6.45) is 4.67. The molecule has 0 unspecified atom stereocenters. The van der Waals surface area contributed by atoms with Crippen molar-refractivity contribution in [2.75, 3.05) is 26.2 Å². The molecule has 0 aromatic heterocycles. The van der Waals surface area contributed by atoms with Crippen LogP contribution in [0.4, 0.5) is 0 Å². The molecular weight excluding hydrogens is 288 g/mol. The molecule has 0 aliphatic carbocycles. The molecule has 128 valence electrons. The Labute approximate surface area is 140 Å². The SMILES string of the molecule is CCCN(CCC)Cc1ccc(C(=O)NC[C@@H]2CCCO2)cc1. The van der Waals surface area contributed by atoms with Crippen molar-refractivity contribution in [1.82, 2.24) is 10.2 Å². The molecule has 4 nitrogen and oxygen atoms in total. The highest BCUT2D eigenvalue weighted by atomic mass is 16.5. The van der Waals surface area contributed by atoms with E-state index in [9.17, 15) is 4.79 Å². The summed E-state index contributed by atoms with van der Waals surface area (Å²) >= 11 is 0. The number of hydrogen-bond donors (Lipinski definition) is 1. The zero-order valence-electron chi connectivity index (χ0n) is 14.5. The van der Waals surface area contributed by atoms with Crippen molar-refractivity contribution >= 4 is 5.91 Å². The minimum Gasteiger partial charge on any atom is -0.376 e. The molecule has 0 saturated carbocycles. The molecule has 1 saturated heterocycles. The number of carbonyl (C=O) groups excluding carboxylic acids is 1. The third-order valence-electron chi connectivity index (χ3n) is 4.22. The summed E-state index contributed by atoms with van der Waals surface area (Å²) in [5.74, 6) is -0.00831. The van der Waals surface area contributed by atoms with Gasteiger partial charge >= 0.3 is 0 Å². The largest absolute Gasteiger partial charge is 0.376 e. The first-order valence-corrected chi connectivity index (χ1v) is 8.94. The van der Waals surface area contributed by atoms with Crippen LogP contribution in [0.3, 0.4) is 0 Å². The van der Waals surface area contributed by atoms with Crippen LogP contribution in [-0.2, 0) is 11.3 Å². The van der Waals surface area contributed by atoms with Crippen LogP contribution in [0.5, 0.6) is 0 Å². The summed E-state index contributed by atoms with van der Waals surface area (Å²) in [5, 5.41) is 2.97. The second-order valence-electron chi connectivity index (χ2n) is 6.32. The fourth-order valence-electron chi connectivity index (χ4n) is 3.04. The fourth-order valence-corrected chi connectivity index (χ4v) is 3.04. The van der Waals surface area contributed by atoms with Gasteiger partial charge in [-0.15, -0.1) is 0 Å². The molecule has 1 aromatic rings. The molecule has 1 atom stereocenters. The van der Waals surface area contributed by atoms with Crippen LogP contribution in [0.1, 0.15) is 55.5 Å². The van der Waals surface area contributed by atoms with Crippen LogP contribution in [0.25, 0.3) is 0 Å². The van der Waals surface area contributed by atoms with Crippen LogP contribution >= 0.6 is 0 Å². The highest BCUT2D eigenvalue weighted by Gasteiger charge is 2.16. The van der Waals surface area contributed by atoms with Crippen molar-refractivity contribution in [3.8, 4) is 0 Å². The third-order valence-corrected chi connectivity index (χ3v) is 4.22. The molecule has 0 spiro atoms. The van der Waals surface area contributed by atoms with E-state index in [4.69, 9.17) is 4.74 Å². The van der Waals surface area contributed by atoms with Gasteiger partial charge in [-0.25, -0.2) is 0 Å². The van der Waals surface area contributed by atoms with Crippen LogP contribution in [0.15, 0.2) is 24.3 Å². The van der Waals surface area contributed by atoms with E-state index in [0.717, 1.165) is 44.6 Å². The molecule has 1 amide bonds. The Kier molecular flexibility index (Phi) is 7.56. The van der Waals surface area contributed by atoms with Gasteiger partial charge in [0.1, 0.15) is 0 Å². The van der Waals surface area contributed by atoms with Crippen molar-refractivity contribution in [1.29, 1.82) is 0 Å². The summed E-state index contributed by atoms with van der Waals surface area (Å²) in [5.41, 5.74) is 1.99. The molecule has 23 heavy (non-hydrogen) atoms. The number of rotatable bonds is 9. The predicted molar refractivity (Wildman–Crippen MR) is 93.6 cm³/mol. The zero-order chi connectivity index (χ0) is 16.5. The van der Waals surface area contributed by atoms with E-state index in [0.29, 0.717) is 6.54 Å². The Morgan fingerprint density at radius 2 is 1.91 bits per heavy atom. The Bertz CT molecular complexity index is 461. The van der Waals surface area contributed by atoms with Crippen molar-refractivity contribution in [2.45, 2.75) is 52.2 Å². The highest BCUT2D eigenvalue weighted by Crippen LogP contribution is 2.12. The van der Waals surface area contributed by atoms with Crippen molar-refractivity contribution < 1.29 is 9.53 Å². The second-order valence-corrected chi connectivity index (χ2v) is 6.32. The summed E-state index contributed by atoms with van der Waals surface area (Å²) in [7, 11) is 0. The van der Waals surface area contributed by atoms with Crippen LogP contribution in [0, 0.1) is 0 Å². The standard InChI is InChI=1S/C19H30N2O2/c1-3-11-21(12-4-2)15-16-7-9-17(10-8-16)19(22)20-14-18-6-5-13-23-18/h7-10,18H,3-6,11-15H2,1-2H3,(H,20,22)/t18-/m0/s1. The maximum atomic E-state index is 12.2. The average Bonchev–Trinajstić information content (AvgIpc) is 3.07. The first-order chi connectivity index (χ1) is 11.2. The summed E-state index contributed by atoms with van der Waals surface area (Å²) in [6, 6.07) is 7.99. The fraction of sp³-hybridized carbons (Fsp3) is 0.632. The van der Waals surface area contributed by atoms with Gasteiger partial charge in [0.05, 0.1) is 6.10 Å². The lowest BCUT2D eigenvalue weighted by atomic mass is 10.1. The average molecular weight is 318 g/mol. The number of ether oxygens (including phenoxy) is 1. The monoisotopic (exact) mass is 318 g/mol. The number of hydrogen-bond acceptors (Lipinski definition) is 3. The van der Waals surface area contributed by atoms with E-state index in [1.165, 1.54) is 18.4 Å². The molecule has 1 aliphatic heterocycles. The number of benzene rings is 1. The van der Waals surface area contributed by atoms with Gasteiger partial charge < -0.3 is 10.1 Å². The normalized spacial score (nSPS) is 17.6. The summed E-state index contributed by atoms with van der Waals surface area (Å²) in [6.45, 7) is 9.06. The van der Waals surface area contributed by atoms with Crippen LogP contribution in [0.2, 0.25) is 0 Å². The van der Waals surface area contributed by atoms with E-state index < -0.39 is 0 Å². The van der Waals surface area contributed by atoms with Gasteiger partial charge in [-0.1, -0.05) is 26.0 Å². The van der Waals surface area contributed by atoms with E-state index in [1.54, 1.807) is 0 Å². The third kappa shape index (κ3) is 5.96. The molecule has 1 N–H and O–H groups in total. The topological polar surface area (TPSA) is 41.6 Å². The Hall–Kier alpha value is -1.39. The highest BCUT2D eigenvalue weighted by molar-refractivity contribution is 5.94. The molecule has 1 aromatic carbocycles. The van der Waals surface area contributed by atoms with Gasteiger partial charge in [0, 0.05) is 25.3 Å². The lowest BCUT2D eigenvalue weighted by Crippen LogP contribution is -2.31. The first-order valence-electron chi connectivity index (χ1n) is 8.94. The van der Waals surface area contributed by atoms with Crippen molar-refractivity contribution in [2.24, 2.45) is 0 Å². The van der Waals surface area contributed by atoms with Gasteiger partial charge in [0.15, 0.2) is 0 Å². The van der Waals surface area contributed by atoms with E-state index >= 15 is 0 Å². The van der Waals surface area contributed by atoms with Crippen molar-refractivity contribution in [3.05, 3.63) is 35.4 Å². The Morgan fingerprint density at radius 1 is 1.22 bits per heavy atom. The molecule has 4 heteroatoms. The van der Waals surface area contributed by atoms with E-state index in [2.05, 4.69) is 36.2 Å². The van der Waals surface area contributed by atoms with Gasteiger partial charge in [-0.05, 0) is 56.5 Å². The second kappa shape index (κ2) is 9.68. The molecule has 1 heterocycles. The summed E-state index contributed by atoms with van der Waals surface area (Å²) < 4.78 is 5.53.